The Labute approximate surface area is 172 Å². The van der Waals surface area contributed by atoms with Crippen molar-refractivity contribution in [2.24, 2.45) is 0 Å². The molecule has 0 saturated carbocycles. The molecule has 154 valence electrons. The van der Waals surface area contributed by atoms with E-state index < -0.39 is 10.0 Å². The number of hydrogen-bond acceptors (Lipinski definition) is 4. The van der Waals surface area contributed by atoms with Gasteiger partial charge in [-0.05, 0) is 43.2 Å². The summed E-state index contributed by atoms with van der Waals surface area (Å²) in [6.45, 7) is 1.08. The number of rotatable bonds is 6. The number of benzene rings is 2. The monoisotopic (exact) mass is 414 g/mol. The van der Waals surface area contributed by atoms with Crippen molar-refractivity contribution in [3.63, 3.8) is 0 Å². The number of nitrogens with one attached hydrogen (secondary N) is 1. The molecule has 0 atom stereocenters. The van der Waals surface area contributed by atoms with E-state index in [0.29, 0.717) is 24.5 Å². The minimum absolute atomic E-state index is 0.200. The van der Waals surface area contributed by atoms with E-state index in [0.717, 1.165) is 31.2 Å². The first-order valence-corrected chi connectivity index (χ1v) is 11.2. The van der Waals surface area contributed by atoms with Crippen molar-refractivity contribution >= 4 is 27.7 Å². The largest absolute Gasteiger partial charge is 0.496 e. The van der Waals surface area contributed by atoms with Gasteiger partial charge in [-0.1, -0.05) is 37.1 Å². The summed E-state index contributed by atoms with van der Waals surface area (Å²) in [5.74, 6) is 0.322. The van der Waals surface area contributed by atoms with Gasteiger partial charge in [-0.25, -0.2) is 8.42 Å². The maximum Gasteiger partial charge on any atom is 0.248 e. The number of anilines is 1. The topological polar surface area (TPSA) is 75.7 Å². The number of hydrogen-bond donors (Lipinski definition) is 1. The first-order chi connectivity index (χ1) is 14.0. The van der Waals surface area contributed by atoms with Crippen LogP contribution < -0.4 is 10.1 Å². The molecule has 3 rings (SSSR count). The fourth-order valence-electron chi connectivity index (χ4n) is 3.32. The molecular weight excluding hydrogens is 388 g/mol. The van der Waals surface area contributed by atoms with Gasteiger partial charge in [0, 0.05) is 30.4 Å². The van der Waals surface area contributed by atoms with Crippen LogP contribution in [0.5, 0.6) is 5.75 Å². The molecule has 1 aliphatic heterocycles. The molecule has 1 saturated heterocycles. The number of sulfonamides is 1. The zero-order chi connectivity index (χ0) is 20.7. The number of carbonyl (C=O) groups is 1. The highest BCUT2D eigenvalue weighted by Gasteiger charge is 2.25. The lowest BCUT2D eigenvalue weighted by Crippen LogP contribution is -2.32. The summed E-state index contributed by atoms with van der Waals surface area (Å²) in [5, 5.41) is 2.73. The average molecular weight is 415 g/mol. The van der Waals surface area contributed by atoms with Crippen LogP contribution in [-0.4, -0.2) is 38.8 Å². The summed E-state index contributed by atoms with van der Waals surface area (Å²) in [5.41, 5.74) is 1.22. The van der Waals surface area contributed by atoms with Crippen LogP contribution in [0.3, 0.4) is 0 Å². The molecule has 1 fully saturated rings. The zero-order valence-corrected chi connectivity index (χ0v) is 17.3. The van der Waals surface area contributed by atoms with E-state index in [1.165, 1.54) is 12.1 Å². The van der Waals surface area contributed by atoms with Gasteiger partial charge in [0.25, 0.3) is 0 Å². The number of amides is 1. The molecule has 1 N–H and O–H groups in total. The first kappa shape index (κ1) is 21.1. The molecule has 2 aromatic rings. The minimum atomic E-state index is -3.56. The van der Waals surface area contributed by atoms with Crippen LogP contribution in [0.1, 0.15) is 31.2 Å². The van der Waals surface area contributed by atoms with E-state index in [-0.39, 0.29) is 10.8 Å². The Balaban J connectivity index is 1.72. The zero-order valence-electron chi connectivity index (χ0n) is 16.5. The van der Waals surface area contributed by atoms with Crippen LogP contribution in [0.4, 0.5) is 5.69 Å². The van der Waals surface area contributed by atoms with Gasteiger partial charge >= 0.3 is 0 Å². The third-order valence-electron chi connectivity index (χ3n) is 4.86. The highest BCUT2D eigenvalue weighted by molar-refractivity contribution is 7.89. The van der Waals surface area contributed by atoms with Gasteiger partial charge in [0.1, 0.15) is 5.75 Å². The second-order valence-electron chi connectivity index (χ2n) is 6.91. The predicted octanol–water partition coefficient (Wildman–Crippen LogP) is 3.91. The molecule has 29 heavy (non-hydrogen) atoms. The number of methoxy groups -OCH3 is 1. The van der Waals surface area contributed by atoms with E-state index in [1.54, 1.807) is 35.7 Å². The smallest absolute Gasteiger partial charge is 0.248 e. The molecule has 0 unspecified atom stereocenters. The van der Waals surface area contributed by atoms with Crippen molar-refractivity contribution in [3.05, 3.63) is 60.2 Å². The van der Waals surface area contributed by atoms with Gasteiger partial charge in [-0.15, -0.1) is 0 Å². The summed E-state index contributed by atoms with van der Waals surface area (Å²) >= 11 is 0. The maximum absolute atomic E-state index is 12.9. The summed E-state index contributed by atoms with van der Waals surface area (Å²) in [4.78, 5) is 12.5. The molecule has 0 bridgehead atoms. The maximum atomic E-state index is 12.9. The Morgan fingerprint density at radius 1 is 1.03 bits per heavy atom. The van der Waals surface area contributed by atoms with Crippen molar-refractivity contribution in [3.8, 4) is 5.75 Å². The van der Waals surface area contributed by atoms with Gasteiger partial charge < -0.3 is 10.1 Å². The molecular formula is C22H26N2O4S. The molecule has 1 heterocycles. The van der Waals surface area contributed by atoms with Crippen LogP contribution in [0.2, 0.25) is 0 Å². The molecule has 0 aliphatic carbocycles. The molecule has 0 radical (unpaired) electrons. The van der Waals surface area contributed by atoms with Crippen LogP contribution in [-0.2, 0) is 14.8 Å². The van der Waals surface area contributed by atoms with E-state index in [4.69, 9.17) is 4.74 Å². The lowest BCUT2D eigenvalue weighted by Gasteiger charge is -2.20. The lowest BCUT2D eigenvalue weighted by atomic mass is 10.2. The van der Waals surface area contributed by atoms with Crippen molar-refractivity contribution < 1.29 is 17.9 Å². The molecule has 0 spiro atoms. The molecule has 1 aliphatic rings. The Bertz CT molecular complexity index is 978. The number of carbonyl (C=O) groups excluding carboxylic acids is 1. The molecule has 0 aromatic heterocycles. The average Bonchev–Trinajstić information content (AvgIpc) is 3.03. The van der Waals surface area contributed by atoms with Crippen LogP contribution in [0, 0.1) is 0 Å². The van der Waals surface area contributed by atoms with Gasteiger partial charge in [0.2, 0.25) is 15.9 Å². The summed E-state index contributed by atoms with van der Waals surface area (Å²) < 4.78 is 32.7. The van der Waals surface area contributed by atoms with Crippen molar-refractivity contribution in [1.29, 1.82) is 0 Å². The van der Waals surface area contributed by atoms with Gasteiger partial charge in [-0.2, -0.15) is 4.31 Å². The highest BCUT2D eigenvalue weighted by atomic mass is 32.2. The van der Waals surface area contributed by atoms with E-state index in [9.17, 15) is 13.2 Å². The van der Waals surface area contributed by atoms with Gasteiger partial charge in [0.05, 0.1) is 12.0 Å². The van der Waals surface area contributed by atoms with Gasteiger partial charge in [0.15, 0.2) is 0 Å². The fourth-order valence-corrected chi connectivity index (χ4v) is 4.88. The SMILES string of the molecule is COc1ccccc1C=CC(=O)Nc1cccc(S(=O)(=O)N2CCCCCC2)c1. The minimum Gasteiger partial charge on any atom is -0.496 e. The van der Waals surface area contributed by atoms with Gasteiger partial charge in [-0.3, -0.25) is 4.79 Å². The Kier molecular flexibility index (Phi) is 7.06. The van der Waals surface area contributed by atoms with Crippen molar-refractivity contribution in [1.82, 2.24) is 4.31 Å². The quantitative estimate of drug-likeness (QED) is 0.727. The number of nitrogens with zero attached hydrogens (tertiary/aromatic N) is 1. The van der Waals surface area contributed by atoms with Crippen LogP contribution >= 0.6 is 0 Å². The van der Waals surface area contributed by atoms with Crippen LogP contribution in [0.15, 0.2) is 59.5 Å². The normalized spacial score (nSPS) is 15.8. The second-order valence-corrected chi connectivity index (χ2v) is 8.85. The molecule has 1 amide bonds. The predicted molar refractivity (Wildman–Crippen MR) is 114 cm³/mol. The second kappa shape index (κ2) is 9.71. The Hall–Kier alpha value is -2.64. The Morgan fingerprint density at radius 2 is 1.76 bits per heavy atom. The van der Waals surface area contributed by atoms with Crippen molar-refractivity contribution in [2.75, 3.05) is 25.5 Å². The van der Waals surface area contributed by atoms with E-state index in [2.05, 4.69) is 5.32 Å². The lowest BCUT2D eigenvalue weighted by molar-refractivity contribution is -0.111. The standard InChI is InChI=1S/C22H26N2O4S/c1-28-21-12-5-4-9-18(21)13-14-22(25)23-19-10-8-11-20(17-19)29(26,27)24-15-6-2-3-7-16-24/h4-5,8-14,17H,2-3,6-7,15-16H2,1H3,(H,23,25). The summed E-state index contributed by atoms with van der Waals surface area (Å²) in [6, 6.07) is 13.8. The van der Waals surface area contributed by atoms with E-state index >= 15 is 0 Å². The first-order valence-electron chi connectivity index (χ1n) is 9.73. The molecule has 7 heteroatoms. The number of para-hydroxylation sites is 1. The Morgan fingerprint density at radius 3 is 2.48 bits per heavy atom. The molecule has 6 nitrogen and oxygen atoms in total. The summed E-state index contributed by atoms with van der Waals surface area (Å²) in [6.07, 6.45) is 6.92. The summed E-state index contributed by atoms with van der Waals surface area (Å²) in [7, 11) is -1.99. The van der Waals surface area contributed by atoms with Crippen molar-refractivity contribution in [2.45, 2.75) is 30.6 Å². The highest BCUT2D eigenvalue weighted by Crippen LogP contribution is 2.23. The molecule has 2 aromatic carbocycles. The van der Waals surface area contributed by atoms with E-state index in [1.807, 2.05) is 24.3 Å². The third-order valence-corrected chi connectivity index (χ3v) is 6.75. The number of ether oxygens (including phenoxy) is 1. The fraction of sp³-hybridized carbons (Fsp3) is 0.318. The third kappa shape index (κ3) is 5.46. The van der Waals surface area contributed by atoms with Crippen LogP contribution in [0.25, 0.3) is 6.08 Å².